The Bertz CT molecular complexity index is 912. The predicted octanol–water partition coefficient (Wildman–Crippen LogP) is 4.10. The number of nitrogens with one attached hydrogen (secondary N) is 1. The minimum absolute atomic E-state index is 0.0398. The highest BCUT2D eigenvalue weighted by Gasteiger charge is 2.10. The summed E-state index contributed by atoms with van der Waals surface area (Å²) in [4.78, 5) is 11.9. The topological polar surface area (TPSA) is 84.6 Å². The maximum atomic E-state index is 12.9. The van der Waals surface area contributed by atoms with E-state index in [0.29, 0.717) is 17.0 Å². The Kier molecular flexibility index (Phi) is 5.65. The van der Waals surface area contributed by atoms with Crippen molar-refractivity contribution < 1.29 is 23.6 Å². The minimum Gasteiger partial charge on any atom is -0.506 e. The molecule has 1 heterocycles. The molecule has 2 aromatic carbocycles. The molecule has 0 aliphatic carbocycles. The Morgan fingerprint density at radius 3 is 2.77 bits per heavy atom. The molecule has 2 N–H and O–H groups in total. The van der Waals surface area contributed by atoms with Crippen LogP contribution in [-0.2, 0) is 16.1 Å². The molecule has 0 unspecified atom stereocenters. The van der Waals surface area contributed by atoms with Gasteiger partial charge in [0.25, 0.3) is 0 Å². The molecule has 0 radical (unpaired) electrons. The lowest BCUT2D eigenvalue weighted by Gasteiger charge is -2.07. The van der Waals surface area contributed by atoms with Crippen molar-refractivity contribution in [3.05, 3.63) is 64.5 Å². The molecular weight excluding hydrogens is 407 g/mol. The van der Waals surface area contributed by atoms with E-state index in [1.807, 2.05) is 0 Å². The number of aromatic nitrogens is 1. The van der Waals surface area contributed by atoms with Crippen LogP contribution in [0.3, 0.4) is 0 Å². The van der Waals surface area contributed by atoms with E-state index in [4.69, 9.17) is 9.26 Å². The van der Waals surface area contributed by atoms with Crippen molar-refractivity contribution in [2.24, 2.45) is 0 Å². The van der Waals surface area contributed by atoms with Gasteiger partial charge in [0.2, 0.25) is 5.91 Å². The summed E-state index contributed by atoms with van der Waals surface area (Å²) < 4.78 is 24.1. The van der Waals surface area contributed by atoms with Crippen molar-refractivity contribution in [3.8, 4) is 17.1 Å². The molecule has 1 amide bonds. The Hall–Kier alpha value is -2.71. The van der Waals surface area contributed by atoms with Crippen LogP contribution in [0.1, 0.15) is 5.69 Å². The molecule has 0 fully saturated rings. The summed E-state index contributed by atoms with van der Waals surface area (Å²) >= 11 is 3.26. The van der Waals surface area contributed by atoms with Crippen LogP contribution in [0.5, 0.6) is 5.75 Å². The summed E-state index contributed by atoms with van der Waals surface area (Å²) in [5.41, 5.74) is 1.48. The van der Waals surface area contributed by atoms with E-state index in [0.717, 1.165) is 4.47 Å². The molecule has 6 nitrogen and oxygen atoms in total. The number of rotatable bonds is 6. The summed E-state index contributed by atoms with van der Waals surface area (Å²) in [5.74, 6) is -0.311. The maximum Gasteiger partial charge on any atom is 0.250 e. The summed E-state index contributed by atoms with van der Waals surface area (Å²) in [7, 11) is 0. The molecule has 8 heteroatoms. The molecule has 3 aromatic rings. The Balaban J connectivity index is 1.51. The van der Waals surface area contributed by atoms with E-state index in [-0.39, 0.29) is 30.5 Å². The fourth-order valence-corrected chi connectivity index (χ4v) is 2.53. The average molecular weight is 421 g/mol. The molecule has 0 aliphatic heterocycles. The average Bonchev–Trinajstić information content (AvgIpc) is 3.08. The lowest BCUT2D eigenvalue weighted by atomic mass is 10.1. The molecule has 3 rings (SSSR count). The van der Waals surface area contributed by atoms with E-state index in [1.54, 1.807) is 30.3 Å². The molecule has 0 spiro atoms. The number of halogens is 2. The second-order valence-corrected chi connectivity index (χ2v) is 6.31. The Morgan fingerprint density at radius 2 is 2.00 bits per heavy atom. The Morgan fingerprint density at radius 1 is 1.23 bits per heavy atom. The van der Waals surface area contributed by atoms with Gasteiger partial charge in [-0.25, -0.2) is 4.39 Å². The van der Waals surface area contributed by atoms with Gasteiger partial charge in [0, 0.05) is 16.1 Å². The third-order valence-corrected chi connectivity index (χ3v) is 3.90. The summed E-state index contributed by atoms with van der Waals surface area (Å²) in [6.45, 7) is -0.146. The number of aromatic hydroxyl groups is 1. The zero-order valence-corrected chi connectivity index (χ0v) is 15.0. The predicted molar refractivity (Wildman–Crippen MR) is 96.0 cm³/mol. The number of amides is 1. The van der Waals surface area contributed by atoms with Crippen molar-refractivity contribution >= 4 is 27.5 Å². The number of hydrogen-bond acceptors (Lipinski definition) is 5. The normalized spacial score (nSPS) is 10.7. The highest BCUT2D eigenvalue weighted by Crippen LogP contribution is 2.26. The number of anilines is 1. The molecule has 0 bridgehead atoms. The number of phenolic OH excluding ortho intramolecular Hbond substituents is 1. The second kappa shape index (κ2) is 8.11. The van der Waals surface area contributed by atoms with Gasteiger partial charge in [0.1, 0.15) is 23.9 Å². The number of benzene rings is 2. The fraction of sp³-hybridized carbons (Fsp3) is 0.111. The molecular formula is C18H14BrFN2O4. The van der Waals surface area contributed by atoms with Crippen molar-refractivity contribution in [2.75, 3.05) is 11.9 Å². The number of carbonyl (C=O) groups is 1. The van der Waals surface area contributed by atoms with Crippen LogP contribution in [0.2, 0.25) is 0 Å². The summed E-state index contributed by atoms with van der Waals surface area (Å²) in [5, 5.41) is 16.1. The molecule has 26 heavy (non-hydrogen) atoms. The van der Waals surface area contributed by atoms with Gasteiger partial charge in [0.05, 0.1) is 12.3 Å². The zero-order chi connectivity index (χ0) is 18.5. The summed E-state index contributed by atoms with van der Waals surface area (Å²) in [6.07, 6.45) is 0. The van der Waals surface area contributed by atoms with Gasteiger partial charge in [-0.2, -0.15) is 0 Å². The first kappa shape index (κ1) is 18.1. The van der Waals surface area contributed by atoms with Crippen LogP contribution in [0.25, 0.3) is 11.3 Å². The van der Waals surface area contributed by atoms with Crippen molar-refractivity contribution in [1.29, 1.82) is 0 Å². The SMILES string of the molecule is O=C(COCc1cc(-c2ccc(F)cc2)on1)Nc1cc(Br)ccc1O. The first-order valence-corrected chi connectivity index (χ1v) is 8.38. The highest BCUT2D eigenvalue weighted by atomic mass is 79.9. The first-order valence-electron chi connectivity index (χ1n) is 7.59. The number of ether oxygens (including phenoxy) is 1. The van der Waals surface area contributed by atoms with Gasteiger partial charge in [-0.05, 0) is 42.5 Å². The van der Waals surface area contributed by atoms with Crippen LogP contribution in [0.15, 0.2) is 57.5 Å². The van der Waals surface area contributed by atoms with Gasteiger partial charge >= 0.3 is 0 Å². The van der Waals surface area contributed by atoms with Gasteiger partial charge in [0.15, 0.2) is 5.76 Å². The van der Waals surface area contributed by atoms with Crippen molar-refractivity contribution in [2.45, 2.75) is 6.61 Å². The van der Waals surface area contributed by atoms with Crippen LogP contribution in [0, 0.1) is 5.82 Å². The van der Waals surface area contributed by atoms with Crippen LogP contribution in [0.4, 0.5) is 10.1 Å². The minimum atomic E-state index is -0.416. The lowest BCUT2D eigenvalue weighted by molar-refractivity contribution is -0.121. The Labute approximate surface area is 156 Å². The van der Waals surface area contributed by atoms with E-state index < -0.39 is 5.91 Å². The summed E-state index contributed by atoms with van der Waals surface area (Å²) in [6, 6.07) is 12.2. The number of phenols is 1. The van der Waals surface area contributed by atoms with Crippen LogP contribution < -0.4 is 5.32 Å². The third-order valence-electron chi connectivity index (χ3n) is 3.40. The largest absolute Gasteiger partial charge is 0.506 e. The molecule has 134 valence electrons. The van der Waals surface area contributed by atoms with Gasteiger partial charge in [-0.15, -0.1) is 0 Å². The molecule has 0 saturated carbocycles. The van der Waals surface area contributed by atoms with E-state index in [1.165, 1.54) is 18.2 Å². The zero-order valence-electron chi connectivity index (χ0n) is 13.4. The number of hydrogen-bond donors (Lipinski definition) is 2. The van der Waals surface area contributed by atoms with Crippen LogP contribution >= 0.6 is 15.9 Å². The standard InChI is InChI=1S/C18H14BrFN2O4/c19-12-3-6-16(23)15(7-12)21-18(24)10-25-9-14-8-17(26-22-14)11-1-4-13(20)5-2-11/h1-8,23H,9-10H2,(H,21,24). The number of carbonyl (C=O) groups excluding carboxylic acids is 1. The molecule has 0 aliphatic rings. The van der Waals surface area contributed by atoms with Crippen LogP contribution in [-0.4, -0.2) is 22.8 Å². The molecule has 0 saturated heterocycles. The quantitative estimate of drug-likeness (QED) is 0.586. The molecule has 0 atom stereocenters. The van der Waals surface area contributed by atoms with E-state index in [2.05, 4.69) is 26.4 Å². The second-order valence-electron chi connectivity index (χ2n) is 5.39. The van der Waals surface area contributed by atoms with Gasteiger partial charge < -0.3 is 19.7 Å². The van der Waals surface area contributed by atoms with E-state index >= 15 is 0 Å². The lowest BCUT2D eigenvalue weighted by Crippen LogP contribution is -2.18. The van der Waals surface area contributed by atoms with Crippen molar-refractivity contribution in [3.63, 3.8) is 0 Å². The van der Waals surface area contributed by atoms with E-state index in [9.17, 15) is 14.3 Å². The van der Waals surface area contributed by atoms with Crippen molar-refractivity contribution in [1.82, 2.24) is 5.16 Å². The third kappa shape index (κ3) is 4.68. The fourth-order valence-electron chi connectivity index (χ4n) is 2.17. The first-order chi connectivity index (χ1) is 12.5. The number of nitrogens with zero attached hydrogens (tertiary/aromatic N) is 1. The maximum absolute atomic E-state index is 12.9. The van der Waals surface area contributed by atoms with Gasteiger partial charge in [-0.1, -0.05) is 21.1 Å². The monoisotopic (exact) mass is 420 g/mol. The smallest absolute Gasteiger partial charge is 0.250 e. The van der Waals surface area contributed by atoms with Gasteiger partial charge in [-0.3, -0.25) is 4.79 Å². The highest BCUT2D eigenvalue weighted by molar-refractivity contribution is 9.10. The molecule has 1 aromatic heterocycles.